The molecule has 3 unspecified atom stereocenters. The van der Waals surface area contributed by atoms with Crippen molar-refractivity contribution in [3.8, 4) is 0 Å². The Morgan fingerprint density at radius 1 is 1.09 bits per heavy atom. The number of aliphatic hydroxyl groups excluding tert-OH is 1. The quantitative estimate of drug-likeness (QED) is 0.241. The van der Waals surface area contributed by atoms with Gasteiger partial charge in [-0.25, -0.2) is 4.79 Å². The Hall–Kier alpha value is -1.71. The summed E-state index contributed by atoms with van der Waals surface area (Å²) < 4.78 is 0. The van der Waals surface area contributed by atoms with Crippen LogP contribution in [0.3, 0.4) is 0 Å². The topological polar surface area (TPSA) is 168 Å². The smallest absolute Gasteiger partial charge is 0.326 e. The SMILES string of the molecule is CC(C)C(NC(=O)C(CO)NC(=O)C(N)CCCCN)C(=O)O. The van der Waals surface area contributed by atoms with E-state index in [9.17, 15) is 19.5 Å². The second-order valence-electron chi connectivity index (χ2n) is 5.70. The van der Waals surface area contributed by atoms with E-state index in [1.165, 1.54) is 0 Å². The number of aliphatic hydroxyl groups is 1. The number of aliphatic carboxylic acids is 1. The lowest BCUT2D eigenvalue weighted by Crippen LogP contribution is -2.56. The van der Waals surface area contributed by atoms with Gasteiger partial charge in [-0.1, -0.05) is 20.3 Å². The highest BCUT2D eigenvalue weighted by Crippen LogP contribution is 2.03. The monoisotopic (exact) mass is 332 g/mol. The zero-order chi connectivity index (χ0) is 18.0. The molecule has 0 saturated carbocycles. The highest BCUT2D eigenvalue weighted by molar-refractivity contribution is 5.91. The molecule has 0 bridgehead atoms. The number of unbranched alkanes of at least 4 members (excludes halogenated alkanes) is 1. The van der Waals surface area contributed by atoms with Crippen LogP contribution in [0.25, 0.3) is 0 Å². The van der Waals surface area contributed by atoms with Gasteiger partial charge >= 0.3 is 5.97 Å². The molecule has 0 aromatic rings. The number of amides is 2. The van der Waals surface area contributed by atoms with Crippen molar-refractivity contribution in [2.75, 3.05) is 13.2 Å². The van der Waals surface area contributed by atoms with Crippen LogP contribution in [-0.4, -0.2) is 59.3 Å². The van der Waals surface area contributed by atoms with Crippen LogP contribution < -0.4 is 22.1 Å². The summed E-state index contributed by atoms with van der Waals surface area (Å²) in [5.74, 6) is -2.87. The van der Waals surface area contributed by atoms with Gasteiger partial charge in [0.15, 0.2) is 0 Å². The molecule has 0 heterocycles. The fraction of sp³-hybridized carbons (Fsp3) is 0.786. The van der Waals surface area contributed by atoms with E-state index >= 15 is 0 Å². The molecule has 0 aromatic heterocycles. The zero-order valence-corrected chi connectivity index (χ0v) is 13.6. The van der Waals surface area contributed by atoms with Crippen LogP contribution in [-0.2, 0) is 14.4 Å². The van der Waals surface area contributed by atoms with Crippen LogP contribution in [0.5, 0.6) is 0 Å². The van der Waals surface area contributed by atoms with Crippen molar-refractivity contribution in [1.82, 2.24) is 10.6 Å². The number of carboxylic acid groups (broad SMARTS) is 1. The molecule has 0 aromatic carbocycles. The molecule has 23 heavy (non-hydrogen) atoms. The van der Waals surface area contributed by atoms with E-state index in [0.717, 1.165) is 6.42 Å². The summed E-state index contributed by atoms with van der Waals surface area (Å²) in [6, 6.07) is -3.17. The van der Waals surface area contributed by atoms with E-state index in [1.54, 1.807) is 13.8 Å². The lowest BCUT2D eigenvalue weighted by Gasteiger charge is -2.23. The molecule has 9 heteroatoms. The van der Waals surface area contributed by atoms with Crippen LogP contribution in [0.1, 0.15) is 33.1 Å². The molecular weight excluding hydrogens is 304 g/mol. The molecule has 8 N–H and O–H groups in total. The largest absolute Gasteiger partial charge is 0.480 e. The maximum atomic E-state index is 12.0. The van der Waals surface area contributed by atoms with Gasteiger partial charge in [-0.05, 0) is 25.3 Å². The van der Waals surface area contributed by atoms with Crippen LogP contribution in [0.2, 0.25) is 0 Å². The van der Waals surface area contributed by atoms with Crippen molar-refractivity contribution in [3.05, 3.63) is 0 Å². The normalized spacial score (nSPS) is 14.9. The number of hydrogen-bond acceptors (Lipinski definition) is 6. The first-order valence-electron chi connectivity index (χ1n) is 7.64. The van der Waals surface area contributed by atoms with E-state index in [-0.39, 0.29) is 5.92 Å². The van der Waals surface area contributed by atoms with Gasteiger partial charge < -0.3 is 32.3 Å². The van der Waals surface area contributed by atoms with E-state index in [1.807, 2.05) is 0 Å². The minimum absolute atomic E-state index is 0.343. The third kappa shape index (κ3) is 7.91. The summed E-state index contributed by atoms with van der Waals surface area (Å²) in [7, 11) is 0. The second-order valence-corrected chi connectivity index (χ2v) is 5.70. The Bertz CT molecular complexity index is 403. The molecule has 134 valence electrons. The Labute approximate surface area is 135 Å². The summed E-state index contributed by atoms with van der Waals surface area (Å²) in [6.07, 6.45) is 1.82. The summed E-state index contributed by atoms with van der Waals surface area (Å²) in [4.78, 5) is 35.0. The van der Waals surface area contributed by atoms with Gasteiger partial charge in [-0.3, -0.25) is 9.59 Å². The first-order valence-corrected chi connectivity index (χ1v) is 7.64. The van der Waals surface area contributed by atoms with Gasteiger partial charge in [0, 0.05) is 0 Å². The number of carboxylic acids is 1. The van der Waals surface area contributed by atoms with Gasteiger partial charge in [-0.15, -0.1) is 0 Å². The van der Waals surface area contributed by atoms with Gasteiger partial charge in [0.1, 0.15) is 12.1 Å². The van der Waals surface area contributed by atoms with Crippen molar-refractivity contribution in [2.45, 2.75) is 51.2 Å². The van der Waals surface area contributed by atoms with Crippen LogP contribution in [0.15, 0.2) is 0 Å². The summed E-state index contributed by atoms with van der Waals surface area (Å²) in [5, 5.41) is 22.9. The maximum absolute atomic E-state index is 12.0. The Morgan fingerprint density at radius 3 is 2.13 bits per heavy atom. The predicted molar refractivity (Wildman–Crippen MR) is 84.3 cm³/mol. The molecule has 0 aliphatic heterocycles. The van der Waals surface area contributed by atoms with Crippen LogP contribution in [0, 0.1) is 5.92 Å². The predicted octanol–water partition coefficient (Wildman–Crippen LogP) is -1.85. The van der Waals surface area contributed by atoms with Crippen molar-refractivity contribution in [3.63, 3.8) is 0 Å². The zero-order valence-electron chi connectivity index (χ0n) is 13.6. The van der Waals surface area contributed by atoms with E-state index in [4.69, 9.17) is 16.6 Å². The van der Waals surface area contributed by atoms with Gasteiger partial charge in [0.25, 0.3) is 0 Å². The average Bonchev–Trinajstić information content (AvgIpc) is 2.48. The Balaban J connectivity index is 4.60. The summed E-state index contributed by atoms with van der Waals surface area (Å²) in [6.45, 7) is 3.12. The minimum atomic E-state index is -1.25. The van der Waals surface area contributed by atoms with E-state index in [0.29, 0.717) is 19.4 Å². The number of carbonyl (C=O) groups is 3. The molecular formula is C14H28N4O5. The fourth-order valence-electron chi connectivity index (χ4n) is 1.88. The van der Waals surface area contributed by atoms with Crippen LogP contribution >= 0.6 is 0 Å². The van der Waals surface area contributed by atoms with Gasteiger partial charge in [0.2, 0.25) is 11.8 Å². The lowest BCUT2D eigenvalue weighted by atomic mass is 10.0. The Kier molecular flexibility index (Phi) is 10.1. The number of nitrogens with two attached hydrogens (primary N) is 2. The summed E-state index contributed by atoms with van der Waals surface area (Å²) in [5.41, 5.74) is 11.1. The molecule has 0 radical (unpaired) electrons. The summed E-state index contributed by atoms with van der Waals surface area (Å²) >= 11 is 0. The highest BCUT2D eigenvalue weighted by Gasteiger charge is 2.28. The van der Waals surface area contributed by atoms with Crippen molar-refractivity contribution < 1.29 is 24.6 Å². The Morgan fingerprint density at radius 2 is 1.70 bits per heavy atom. The fourth-order valence-corrected chi connectivity index (χ4v) is 1.88. The molecule has 2 amide bonds. The standard InChI is InChI=1S/C14H28N4O5/c1-8(2)11(14(22)23)18-13(21)10(7-19)17-12(20)9(16)5-3-4-6-15/h8-11,19H,3-7,15-16H2,1-2H3,(H,17,20)(H,18,21)(H,22,23). The lowest BCUT2D eigenvalue weighted by molar-refractivity contribution is -0.143. The van der Waals surface area contributed by atoms with E-state index in [2.05, 4.69) is 10.6 Å². The second kappa shape index (κ2) is 10.9. The first kappa shape index (κ1) is 21.3. The molecule has 0 aliphatic rings. The van der Waals surface area contributed by atoms with Crippen molar-refractivity contribution >= 4 is 17.8 Å². The van der Waals surface area contributed by atoms with Crippen molar-refractivity contribution in [1.29, 1.82) is 0 Å². The molecule has 3 atom stereocenters. The van der Waals surface area contributed by atoms with Crippen molar-refractivity contribution in [2.24, 2.45) is 17.4 Å². The molecule has 0 rings (SSSR count). The van der Waals surface area contributed by atoms with Crippen LogP contribution in [0.4, 0.5) is 0 Å². The number of nitrogens with one attached hydrogen (secondary N) is 2. The first-order chi connectivity index (χ1) is 10.7. The molecule has 0 aliphatic carbocycles. The van der Waals surface area contributed by atoms with Gasteiger partial charge in [0.05, 0.1) is 12.6 Å². The minimum Gasteiger partial charge on any atom is -0.480 e. The molecule has 0 saturated heterocycles. The molecule has 0 spiro atoms. The highest BCUT2D eigenvalue weighted by atomic mass is 16.4. The number of rotatable bonds is 11. The third-order valence-corrected chi connectivity index (χ3v) is 3.35. The third-order valence-electron chi connectivity index (χ3n) is 3.35. The van der Waals surface area contributed by atoms with E-state index < -0.39 is 42.5 Å². The van der Waals surface area contributed by atoms with Gasteiger partial charge in [-0.2, -0.15) is 0 Å². The number of carbonyl (C=O) groups excluding carboxylic acids is 2. The molecule has 0 fully saturated rings. The average molecular weight is 332 g/mol. The maximum Gasteiger partial charge on any atom is 0.326 e. The molecule has 9 nitrogen and oxygen atoms in total. The number of hydrogen-bond donors (Lipinski definition) is 6.